The zero-order valence-corrected chi connectivity index (χ0v) is 10.9. The van der Waals surface area contributed by atoms with E-state index in [1.54, 1.807) is 29.2 Å². The van der Waals surface area contributed by atoms with Gasteiger partial charge in [0.15, 0.2) is 0 Å². The van der Waals surface area contributed by atoms with Crippen LogP contribution in [0.5, 0.6) is 0 Å². The van der Waals surface area contributed by atoms with Crippen LogP contribution in [0.4, 0.5) is 0 Å². The summed E-state index contributed by atoms with van der Waals surface area (Å²) in [5, 5.41) is 8.36. The van der Waals surface area contributed by atoms with E-state index in [9.17, 15) is 4.79 Å². The van der Waals surface area contributed by atoms with Crippen molar-refractivity contribution in [2.75, 3.05) is 13.1 Å². The molecule has 0 bridgehead atoms. The van der Waals surface area contributed by atoms with Crippen LogP contribution >= 0.6 is 11.6 Å². The molecule has 1 aromatic heterocycles. The third-order valence-corrected chi connectivity index (χ3v) is 3.34. The van der Waals surface area contributed by atoms with E-state index in [1.165, 1.54) is 0 Å². The van der Waals surface area contributed by atoms with Gasteiger partial charge in [-0.3, -0.25) is 4.79 Å². The molecule has 0 unspecified atom stereocenters. The molecule has 0 atom stereocenters. The summed E-state index contributed by atoms with van der Waals surface area (Å²) in [6.45, 7) is 1.52. The Bertz CT molecular complexity index is 588. The number of hydrogen-bond donors (Lipinski definition) is 0. The summed E-state index contributed by atoms with van der Waals surface area (Å²) >= 11 is 5.81. The Morgan fingerprint density at radius 2 is 1.84 bits per heavy atom. The van der Waals surface area contributed by atoms with Crippen LogP contribution in [0.1, 0.15) is 23.5 Å². The first-order valence-electron chi connectivity index (χ1n) is 6.13. The van der Waals surface area contributed by atoms with Gasteiger partial charge in [0.05, 0.1) is 0 Å². The maximum atomic E-state index is 12.1. The maximum Gasteiger partial charge on any atom is 0.311 e. The summed E-state index contributed by atoms with van der Waals surface area (Å²) in [4.78, 5) is 13.8. The fourth-order valence-electron chi connectivity index (χ4n) is 2.07. The number of carbonyl (C=O) groups excluding carboxylic acids is 1. The predicted molar refractivity (Wildman–Crippen MR) is 69.9 cm³/mol. The van der Waals surface area contributed by atoms with Gasteiger partial charge in [0.25, 0.3) is 0 Å². The van der Waals surface area contributed by atoms with Crippen molar-refractivity contribution in [1.29, 1.82) is 0 Å². The number of halogens is 1. The standard InChI is InChI=1S/C13H12ClN3O2/c14-10-5-3-9(4-6-10)11-15-16-12(19-11)13(18)17-7-1-2-8-17/h3-6H,1-2,7-8H2. The molecule has 6 heteroatoms. The summed E-state index contributed by atoms with van der Waals surface area (Å²) < 4.78 is 5.43. The molecule has 1 amide bonds. The second-order valence-corrected chi connectivity index (χ2v) is 4.86. The minimum absolute atomic E-state index is 0.0480. The highest BCUT2D eigenvalue weighted by molar-refractivity contribution is 6.30. The molecule has 1 aromatic carbocycles. The van der Waals surface area contributed by atoms with Gasteiger partial charge in [-0.1, -0.05) is 11.6 Å². The number of benzene rings is 1. The lowest BCUT2D eigenvalue weighted by atomic mass is 10.2. The largest absolute Gasteiger partial charge is 0.412 e. The first kappa shape index (κ1) is 12.2. The average molecular weight is 278 g/mol. The molecule has 1 aliphatic rings. The van der Waals surface area contributed by atoms with Gasteiger partial charge in [-0.15, -0.1) is 10.2 Å². The van der Waals surface area contributed by atoms with Crippen LogP contribution in [0.3, 0.4) is 0 Å². The molecule has 0 aliphatic carbocycles. The molecule has 1 saturated heterocycles. The molecule has 3 rings (SSSR count). The number of likely N-dealkylation sites (tertiary alicyclic amines) is 1. The molecule has 0 radical (unpaired) electrons. The zero-order valence-electron chi connectivity index (χ0n) is 10.2. The molecule has 1 fully saturated rings. The summed E-state index contributed by atoms with van der Waals surface area (Å²) in [6.07, 6.45) is 2.06. The van der Waals surface area contributed by atoms with E-state index in [2.05, 4.69) is 10.2 Å². The molecule has 0 saturated carbocycles. The van der Waals surface area contributed by atoms with Gasteiger partial charge in [-0.2, -0.15) is 0 Å². The van der Waals surface area contributed by atoms with Crippen molar-refractivity contribution in [3.05, 3.63) is 35.2 Å². The number of amides is 1. The second-order valence-electron chi connectivity index (χ2n) is 4.42. The average Bonchev–Trinajstić information content (AvgIpc) is 3.10. The molecule has 98 valence electrons. The molecular weight excluding hydrogens is 266 g/mol. The van der Waals surface area contributed by atoms with E-state index in [4.69, 9.17) is 16.0 Å². The van der Waals surface area contributed by atoms with Crippen molar-refractivity contribution in [3.63, 3.8) is 0 Å². The van der Waals surface area contributed by atoms with Crippen molar-refractivity contribution in [3.8, 4) is 11.5 Å². The Labute approximate surface area is 115 Å². The predicted octanol–water partition coefficient (Wildman–Crippen LogP) is 2.63. The van der Waals surface area contributed by atoms with Crippen molar-refractivity contribution >= 4 is 17.5 Å². The summed E-state index contributed by atoms with van der Waals surface area (Å²) in [5.41, 5.74) is 0.748. The lowest BCUT2D eigenvalue weighted by Crippen LogP contribution is -2.27. The van der Waals surface area contributed by atoms with E-state index >= 15 is 0 Å². The van der Waals surface area contributed by atoms with Gasteiger partial charge in [-0.25, -0.2) is 0 Å². The lowest BCUT2D eigenvalue weighted by molar-refractivity contribution is 0.0754. The Balaban J connectivity index is 1.82. The van der Waals surface area contributed by atoms with Gasteiger partial charge < -0.3 is 9.32 Å². The molecule has 1 aliphatic heterocycles. The fraction of sp³-hybridized carbons (Fsp3) is 0.308. The maximum absolute atomic E-state index is 12.1. The Morgan fingerprint density at radius 3 is 2.53 bits per heavy atom. The quantitative estimate of drug-likeness (QED) is 0.847. The summed E-state index contributed by atoms with van der Waals surface area (Å²) in [6, 6.07) is 7.03. The van der Waals surface area contributed by atoms with Crippen molar-refractivity contribution in [2.45, 2.75) is 12.8 Å². The fourth-order valence-corrected chi connectivity index (χ4v) is 2.20. The third-order valence-electron chi connectivity index (χ3n) is 3.09. The zero-order chi connectivity index (χ0) is 13.2. The molecule has 19 heavy (non-hydrogen) atoms. The van der Waals surface area contributed by atoms with Crippen LogP contribution in [-0.4, -0.2) is 34.1 Å². The van der Waals surface area contributed by atoms with Gasteiger partial charge in [0, 0.05) is 23.7 Å². The topological polar surface area (TPSA) is 59.2 Å². The second kappa shape index (κ2) is 5.01. The minimum Gasteiger partial charge on any atom is -0.412 e. The highest BCUT2D eigenvalue weighted by atomic mass is 35.5. The van der Waals surface area contributed by atoms with E-state index in [-0.39, 0.29) is 11.8 Å². The van der Waals surface area contributed by atoms with E-state index in [1.807, 2.05) is 0 Å². The van der Waals surface area contributed by atoms with E-state index < -0.39 is 0 Å². The molecule has 2 heterocycles. The Kier molecular flexibility index (Phi) is 3.21. The van der Waals surface area contributed by atoms with E-state index in [0.717, 1.165) is 31.5 Å². The molecule has 0 spiro atoms. The third kappa shape index (κ3) is 2.46. The number of aromatic nitrogens is 2. The van der Waals surface area contributed by atoms with Crippen molar-refractivity contribution in [1.82, 2.24) is 15.1 Å². The monoisotopic (exact) mass is 277 g/mol. The van der Waals surface area contributed by atoms with Gasteiger partial charge in [-0.05, 0) is 37.1 Å². The minimum atomic E-state index is -0.190. The highest BCUT2D eigenvalue weighted by Gasteiger charge is 2.24. The molecule has 5 nitrogen and oxygen atoms in total. The number of nitrogens with zero attached hydrogens (tertiary/aromatic N) is 3. The SMILES string of the molecule is O=C(c1nnc(-c2ccc(Cl)cc2)o1)N1CCCC1. The van der Waals surface area contributed by atoms with Crippen LogP contribution in [-0.2, 0) is 0 Å². The Morgan fingerprint density at radius 1 is 1.16 bits per heavy atom. The normalized spacial score (nSPS) is 14.9. The molecule has 0 N–H and O–H groups in total. The van der Waals surface area contributed by atoms with Crippen LogP contribution in [0.2, 0.25) is 5.02 Å². The highest BCUT2D eigenvalue weighted by Crippen LogP contribution is 2.21. The van der Waals surface area contributed by atoms with Crippen LogP contribution < -0.4 is 0 Å². The van der Waals surface area contributed by atoms with Crippen molar-refractivity contribution in [2.24, 2.45) is 0 Å². The first-order valence-corrected chi connectivity index (χ1v) is 6.50. The van der Waals surface area contributed by atoms with Crippen LogP contribution in [0.15, 0.2) is 28.7 Å². The number of carbonyl (C=O) groups is 1. The Hall–Kier alpha value is -1.88. The molecule has 2 aromatic rings. The van der Waals surface area contributed by atoms with E-state index in [0.29, 0.717) is 10.9 Å². The lowest BCUT2D eigenvalue weighted by Gasteiger charge is -2.11. The summed E-state index contributed by atoms with van der Waals surface area (Å²) in [7, 11) is 0. The smallest absolute Gasteiger partial charge is 0.311 e. The first-order chi connectivity index (χ1) is 9.24. The molecular formula is C13H12ClN3O2. The van der Waals surface area contributed by atoms with Gasteiger partial charge >= 0.3 is 11.8 Å². The summed E-state index contributed by atoms with van der Waals surface area (Å²) in [5.74, 6) is 0.191. The number of rotatable bonds is 2. The number of hydrogen-bond acceptors (Lipinski definition) is 4. The van der Waals surface area contributed by atoms with Crippen LogP contribution in [0, 0.1) is 0 Å². The van der Waals surface area contributed by atoms with Gasteiger partial charge in [0.1, 0.15) is 0 Å². The van der Waals surface area contributed by atoms with Gasteiger partial charge in [0.2, 0.25) is 5.89 Å². The van der Waals surface area contributed by atoms with Crippen LogP contribution in [0.25, 0.3) is 11.5 Å². The van der Waals surface area contributed by atoms with Crippen molar-refractivity contribution < 1.29 is 9.21 Å².